The molecule has 0 bridgehead atoms. The molecule has 0 unspecified atom stereocenters. The minimum atomic E-state index is -0.915. The molecule has 0 spiro atoms. The van der Waals surface area contributed by atoms with Crippen molar-refractivity contribution in [2.75, 3.05) is 0 Å². The molecule has 86 valence electrons. The van der Waals surface area contributed by atoms with Gasteiger partial charge >= 0.3 is 0 Å². The smallest absolute Gasteiger partial charge is 0.253 e. The van der Waals surface area contributed by atoms with Gasteiger partial charge in [-0.1, -0.05) is 5.16 Å². The second kappa shape index (κ2) is 4.61. The van der Waals surface area contributed by atoms with Gasteiger partial charge in [0.05, 0.1) is 11.1 Å². The van der Waals surface area contributed by atoms with Gasteiger partial charge in [0.25, 0.3) is 5.91 Å². The number of aromatic nitrogens is 1. The summed E-state index contributed by atoms with van der Waals surface area (Å²) in [4.78, 5) is 15.6. The zero-order valence-electron chi connectivity index (χ0n) is 9.14. The molecule has 0 radical (unpaired) electrons. The predicted molar refractivity (Wildman–Crippen MR) is 59.2 cm³/mol. The Bertz CT molecular complexity index is 401. The summed E-state index contributed by atoms with van der Waals surface area (Å²) in [6.07, 6.45) is 3.02. The summed E-state index contributed by atoms with van der Waals surface area (Å²) in [6.45, 7) is 3.27. The van der Waals surface area contributed by atoms with Crippen molar-refractivity contribution < 1.29 is 10.0 Å². The van der Waals surface area contributed by atoms with Crippen LogP contribution in [0.2, 0.25) is 0 Å². The average molecular weight is 222 g/mol. The molecule has 1 heterocycles. The summed E-state index contributed by atoms with van der Waals surface area (Å²) in [7, 11) is 0. The molecule has 1 aromatic heterocycles. The number of pyridine rings is 1. The van der Waals surface area contributed by atoms with Crippen LogP contribution < -0.4 is 11.1 Å². The van der Waals surface area contributed by atoms with Crippen LogP contribution in [0.4, 0.5) is 0 Å². The lowest BCUT2D eigenvalue weighted by atomic mass is 10.0. The summed E-state index contributed by atoms with van der Waals surface area (Å²) >= 11 is 0. The Morgan fingerprint density at radius 2 is 2.31 bits per heavy atom. The number of hydrogen-bond donors (Lipinski definition) is 3. The SMILES string of the molecule is CC(C)(NC(=O)c1cccnc1)/C(N)=N/O. The van der Waals surface area contributed by atoms with Gasteiger partial charge in [0, 0.05) is 12.4 Å². The fraction of sp³-hybridized carbons (Fsp3) is 0.300. The lowest BCUT2D eigenvalue weighted by Gasteiger charge is -2.24. The van der Waals surface area contributed by atoms with Gasteiger partial charge in [-0.2, -0.15) is 0 Å². The summed E-state index contributed by atoms with van der Waals surface area (Å²) in [5, 5.41) is 14.1. The lowest BCUT2D eigenvalue weighted by Crippen LogP contribution is -2.53. The number of nitrogens with one attached hydrogen (secondary N) is 1. The number of carbonyl (C=O) groups is 1. The van der Waals surface area contributed by atoms with Gasteiger partial charge in [0.1, 0.15) is 0 Å². The highest BCUT2D eigenvalue weighted by molar-refractivity contribution is 5.99. The maximum Gasteiger partial charge on any atom is 0.253 e. The van der Waals surface area contributed by atoms with Crippen LogP contribution in [0.5, 0.6) is 0 Å². The first-order valence-corrected chi connectivity index (χ1v) is 4.68. The van der Waals surface area contributed by atoms with E-state index >= 15 is 0 Å². The molecular formula is C10H14N4O2. The summed E-state index contributed by atoms with van der Waals surface area (Å²) in [5.41, 5.74) is 4.95. The second-order valence-corrected chi connectivity index (χ2v) is 3.81. The molecule has 1 amide bonds. The lowest BCUT2D eigenvalue weighted by molar-refractivity contribution is 0.0930. The number of amidine groups is 1. The molecule has 0 saturated carbocycles. The van der Waals surface area contributed by atoms with E-state index in [-0.39, 0.29) is 11.7 Å². The van der Waals surface area contributed by atoms with E-state index in [4.69, 9.17) is 10.9 Å². The fourth-order valence-corrected chi connectivity index (χ4v) is 1.04. The maximum atomic E-state index is 11.7. The van der Waals surface area contributed by atoms with Crippen LogP contribution in [0, 0.1) is 0 Å². The molecule has 0 aliphatic rings. The van der Waals surface area contributed by atoms with E-state index in [9.17, 15) is 4.79 Å². The Hall–Kier alpha value is -2.11. The van der Waals surface area contributed by atoms with Crippen molar-refractivity contribution >= 4 is 11.7 Å². The Balaban J connectivity index is 2.80. The first-order valence-electron chi connectivity index (χ1n) is 4.68. The van der Waals surface area contributed by atoms with Crippen molar-refractivity contribution in [1.29, 1.82) is 0 Å². The van der Waals surface area contributed by atoms with Crippen LogP contribution in [0.1, 0.15) is 24.2 Å². The van der Waals surface area contributed by atoms with E-state index in [1.807, 2.05) is 0 Å². The summed E-state index contributed by atoms with van der Waals surface area (Å²) < 4.78 is 0. The first kappa shape index (κ1) is 12.0. The topological polar surface area (TPSA) is 101 Å². The van der Waals surface area contributed by atoms with Crippen molar-refractivity contribution in [2.45, 2.75) is 19.4 Å². The third-order valence-electron chi connectivity index (χ3n) is 2.10. The Kier molecular flexibility index (Phi) is 3.44. The molecule has 6 nitrogen and oxygen atoms in total. The van der Waals surface area contributed by atoms with E-state index in [1.165, 1.54) is 6.20 Å². The molecular weight excluding hydrogens is 208 g/mol. The molecule has 4 N–H and O–H groups in total. The molecule has 0 aliphatic heterocycles. The Labute approximate surface area is 93.2 Å². The van der Waals surface area contributed by atoms with Crippen LogP contribution in [0.25, 0.3) is 0 Å². The highest BCUT2D eigenvalue weighted by Crippen LogP contribution is 2.05. The van der Waals surface area contributed by atoms with Crippen molar-refractivity contribution in [3.05, 3.63) is 30.1 Å². The maximum absolute atomic E-state index is 11.7. The average Bonchev–Trinajstić information content (AvgIpc) is 2.28. The molecule has 1 aromatic rings. The largest absolute Gasteiger partial charge is 0.409 e. The quantitative estimate of drug-likeness (QED) is 0.297. The van der Waals surface area contributed by atoms with Gasteiger partial charge in [-0.15, -0.1) is 0 Å². The molecule has 16 heavy (non-hydrogen) atoms. The number of hydrogen-bond acceptors (Lipinski definition) is 4. The highest BCUT2D eigenvalue weighted by atomic mass is 16.4. The summed E-state index contributed by atoms with van der Waals surface area (Å²) in [6, 6.07) is 3.29. The van der Waals surface area contributed by atoms with E-state index < -0.39 is 5.54 Å². The van der Waals surface area contributed by atoms with Crippen molar-refractivity contribution in [3.8, 4) is 0 Å². The van der Waals surface area contributed by atoms with Gasteiger partial charge in [0.15, 0.2) is 5.84 Å². The van der Waals surface area contributed by atoms with Crippen molar-refractivity contribution in [2.24, 2.45) is 10.9 Å². The van der Waals surface area contributed by atoms with Crippen LogP contribution >= 0.6 is 0 Å². The van der Waals surface area contributed by atoms with Gasteiger partial charge in [-0.25, -0.2) is 0 Å². The molecule has 0 fully saturated rings. The van der Waals surface area contributed by atoms with Gasteiger partial charge in [-0.05, 0) is 26.0 Å². The third kappa shape index (κ3) is 2.69. The van der Waals surface area contributed by atoms with Crippen LogP contribution in [-0.4, -0.2) is 27.5 Å². The number of nitrogens with zero attached hydrogens (tertiary/aromatic N) is 2. The Morgan fingerprint density at radius 1 is 1.62 bits per heavy atom. The molecule has 0 aliphatic carbocycles. The normalized spacial score (nSPS) is 12.2. The zero-order chi connectivity index (χ0) is 12.2. The Morgan fingerprint density at radius 3 is 2.81 bits per heavy atom. The second-order valence-electron chi connectivity index (χ2n) is 3.81. The number of amides is 1. The van der Waals surface area contributed by atoms with Gasteiger partial charge in [-0.3, -0.25) is 9.78 Å². The number of nitrogens with two attached hydrogens (primary N) is 1. The molecule has 6 heteroatoms. The minimum absolute atomic E-state index is 0.0651. The molecule has 0 saturated heterocycles. The fourth-order valence-electron chi connectivity index (χ4n) is 1.04. The van der Waals surface area contributed by atoms with Crippen molar-refractivity contribution in [1.82, 2.24) is 10.3 Å². The molecule has 0 aromatic carbocycles. The number of carbonyl (C=O) groups excluding carboxylic acids is 1. The van der Waals surface area contributed by atoms with Crippen molar-refractivity contribution in [3.63, 3.8) is 0 Å². The summed E-state index contributed by atoms with van der Waals surface area (Å²) in [5.74, 6) is -0.394. The van der Waals surface area contributed by atoms with E-state index in [0.717, 1.165) is 0 Å². The van der Waals surface area contributed by atoms with E-state index in [2.05, 4.69) is 15.5 Å². The standard InChI is InChI=1S/C10H14N4O2/c1-10(2,9(11)14-16)13-8(15)7-4-3-5-12-6-7/h3-6,16H,1-2H3,(H2,11,14)(H,13,15). The van der Waals surface area contributed by atoms with E-state index in [0.29, 0.717) is 5.56 Å². The van der Waals surface area contributed by atoms with Crippen LogP contribution in [0.3, 0.4) is 0 Å². The minimum Gasteiger partial charge on any atom is -0.409 e. The van der Waals surface area contributed by atoms with Gasteiger partial charge < -0.3 is 16.3 Å². The zero-order valence-corrected chi connectivity index (χ0v) is 9.14. The number of rotatable bonds is 3. The van der Waals surface area contributed by atoms with Gasteiger partial charge in [0.2, 0.25) is 0 Å². The van der Waals surface area contributed by atoms with Crippen LogP contribution in [0.15, 0.2) is 29.7 Å². The number of oxime groups is 1. The van der Waals surface area contributed by atoms with Crippen LogP contribution in [-0.2, 0) is 0 Å². The monoisotopic (exact) mass is 222 g/mol. The molecule has 1 rings (SSSR count). The predicted octanol–water partition coefficient (Wildman–Crippen LogP) is 0.336. The van der Waals surface area contributed by atoms with E-state index in [1.54, 1.807) is 32.2 Å². The first-order chi connectivity index (χ1) is 7.47. The highest BCUT2D eigenvalue weighted by Gasteiger charge is 2.26. The molecule has 0 atom stereocenters. The third-order valence-corrected chi connectivity index (χ3v) is 2.10.